The number of rotatable bonds is 5. The fourth-order valence-corrected chi connectivity index (χ4v) is 2.60. The summed E-state index contributed by atoms with van der Waals surface area (Å²) in [5.41, 5.74) is 3.35. The van der Waals surface area contributed by atoms with Crippen LogP contribution in [0.5, 0.6) is 0 Å². The normalized spacial score (nSPS) is 10.6. The van der Waals surface area contributed by atoms with Crippen molar-refractivity contribution in [1.82, 2.24) is 19.7 Å². The van der Waals surface area contributed by atoms with Crippen LogP contribution in [0.1, 0.15) is 22.5 Å². The predicted molar refractivity (Wildman–Crippen MR) is 97.5 cm³/mol. The molecule has 126 valence electrons. The van der Waals surface area contributed by atoms with Crippen LogP contribution in [0.4, 0.5) is 5.69 Å². The largest absolute Gasteiger partial charge is 0.423 e. The molecule has 0 fully saturated rings. The first-order valence-electron chi connectivity index (χ1n) is 7.59. The monoisotopic (exact) mass is 335 g/mol. The van der Waals surface area contributed by atoms with Crippen LogP contribution in [-0.4, -0.2) is 24.9 Å². The van der Waals surface area contributed by atoms with Gasteiger partial charge < -0.3 is 10.5 Å². The van der Waals surface area contributed by atoms with Gasteiger partial charge in [0.05, 0.1) is 22.5 Å². The van der Waals surface area contributed by atoms with Gasteiger partial charge in [-0.05, 0) is 30.2 Å². The Kier molecular flexibility index (Phi) is 4.30. The van der Waals surface area contributed by atoms with Crippen LogP contribution in [0.3, 0.4) is 0 Å². The molecule has 0 aliphatic carbocycles. The lowest BCUT2D eigenvalue weighted by atomic mass is 10.1. The molecule has 0 aromatic carbocycles. The van der Waals surface area contributed by atoms with Crippen LogP contribution in [0, 0.1) is 6.92 Å². The zero-order valence-corrected chi connectivity index (χ0v) is 13.7. The highest BCUT2D eigenvalue weighted by Gasteiger charge is 2.12. The Labute approximate surface area is 144 Å². The lowest BCUT2D eigenvalue weighted by Gasteiger charge is -2.12. The number of nitrogens with one attached hydrogen (secondary N) is 1. The average Bonchev–Trinajstić information content (AvgIpc) is 2.63. The number of anilines is 1. The molecule has 0 spiro atoms. The van der Waals surface area contributed by atoms with E-state index < -0.39 is 5.56 Å². The van der Waals surface area contributed by atoms with E-state index in [1.165, 1.54) is 12.4 Å². The third kappa shape index (κ3) is 2.99. The number of pyridine rings is 2. The summed E-state index contributed by atoms with van der Waals surface area (Å²) in [6.45, 7) is 9.72. The highest BCUT2D eigenvalue weighted by Crippen LogP contribution is 2.22. The molecule has 0 radical (unpaired) electrons. The van der Waals surface area contributed by atoms with Crippen LogP contribution in [0.25, 0.3) is 23.2 Å². The zero-order chi connectivity index (χ0) is 18.0. The maximum atomic E-state index is 11.9. The molecule has 3 aromatic heterocycles. The summed E-state index contributed by atoms with van der Waals surface area (Å²) in [7, 11) is 0. The molecular formula is C18H17N5O2. The molecule has 7 heteroatoms. The van der Waals surface area contributed by atoms with E-state index >= 15 is 0 Å². The predicted octanol–water partition coefficient (Wildman–Crippen LogP) is 2.63. The lowest BCUT2D eigenvalue weighted by molar-refractivity contribution is 0.186. The Hall–Kier alpha value is -3.48. The fraction of sp³-hybridized carbons (Fsp3) is 0.111. The first kappa shape index (κ1) is 16.4. The first-order valence-corrected chi connectivity index (χ1v) is 7.59. The molecule has 0 atom stereocenters. The van der Waals surface area contributed by atoms with Crippen molar-refractivity contribution in [3.63, 3.8) is 0 Å². The molecule has 0 unspecified atom stereocenters. The molecule has 0 saturated carbocycles. The number of nitrogens with zero attached hydrogens (tertiary/aromatic N) is 4. The third-order valence-corrected chi connectivity index (χ3v) is 3.87. The van der Waals surface area contributed by atoms with Gasteiger partial charge in [-0.2, -0.15) is 0 Å². The topological polar surface area (TPSA) is 92.9 Å². The van der Waals surface area contributed by atoms with Gasteiger partial charge in [-0.1, -0.05) is 19.2 Å². The van der Waals surface area contributed by atoms with Gasteiger partial charge in [-0.3, -0.25) is 9.78 Å². The van der Waals surface area contributed by atoms with Gasteiger partial charge in [0.15, 0.2) is 5.65 Å². The van der Waals surface area contributed by atoms with Crippen molar-refractivity contribution in [2.75, 3.05) is 5.32 Å². The smallest absolute Gasteiger partial charge is 0.286 e. The summed E-state index contributed by atoms with van der Waals surface area (Å²) >= 11 is 0. The van der Waals surface area contributed by atoms with Crippen molar-refractivity contribution in [2.45, 2.75) is 13.5 Å². The number of aromatic nitrogens is 4. The maximum absolute atomic E-state index is 11.9. The minimum Gasteiger partial charge on any atom is -0.423 e. The summed E-state index contributed by atoms with van der Waals surface area (Å²) < 4.78 is 0.519. The molecule has 25 heavy (non-hydrogen) atoms. The van der Waals surface area contributed by atoms with E-state index in [0.29, 0.717) is 28.0 Å². The molecule has 0 aliphatic rings. The molecule has 3 rings (SSSR count). The summed E-state index contributed by atoms with van der Waals surface area (Å²) in [5.74, 6) is 0. The SMILES string of the molecule is C=Cc1cc(CNc2cc(=O)n(O)c3ncnc(C)c23)cnc1C=C. The first-order chi connectivity index (χ1) is 12.0. The van der Waals surface area contributed by atoms with Crippen LogP contribution < -0.4 is 10.9 Å². The molecule has 0 saturated heterocycles. The Morgan fingerprint density at radius 3 is 2.76 bits per heavy atom. The minimum absolute atomic E-state index is 0.161. The van der Waals surface area contributed by atoms with Gasteiger partial charge in [0.25, 0.3) is 5.56 Å². The molecule has 3 heterocycles. The van der Waals surface area contributed by atoms with Crippen LogP contribution in [-0.2, 0) is 6.54 Å². The highest BCUT2D eigenvalue weighted by molar-refractivity contribution is 5.90. The Morgan fingerprint density at radius 1 is 1.24 bits per heavy atom. The van der Waals surface area contributed by atoms with E-state index in [1.54, 1.807) is 25.3 Å². The second-order valence-electron chi connectivity index (χ2n) is 5.45. The van der Waals surface area contributed by atoms with E-state index in [0.717, 1.165) is 16.8 Å². The van der Waals surface area contributed by atoms with Gasteiger partial charge in [0.2, 0.25) is 0 Å². The second-order valence-corrected chi connectivity index (χ2v) is 5.45. The summed E-state index contributed by atoms with van der Waals surface area (Å²) in [6.07, 6.45) is 6.43. The van der Waals surface area contributed by atoms with Crippen LogP contribution in [0.2, 0.25) is 0 Å². The van der Waals surface area contributed by atoms with Crippen molar-refractivity contribution in [2.24, 2.45) is 0 Å². The van der Waals surface area contributed by atoms with Crippen molar-refractivity contribution in [1.29, 1.82) is 0 Å². The number of hydrogen-bond acceptors (Lipinski definition) is 6. The van der Waals surface area contributed by atoms with Gasteiger partial charge in [0.1, 0.15) is 6.33 Å². The van der Waals surface area contributed by atoms with E-state index in [9.17, 15) is 10.0 Å². The van der Waals surface area contributed by atoms with Gasteiger partial charge in [-0.25, -0.2) is 9.97 Å². The Morgan fingerprint density at radius 2 is 2.04 bits per heavy atom. The molecular weight excluding hydrogens is 318 g/mol. The third-order valence-electron chi connectivity index (χ3n) is 3.87. The minimum atomic E-state index is -0.569. The Balaban J connectivity index is 1.99. The molecule has 0 bridgehead atoms. The molecule has 0 aliphatic heterocycles. The van der Waals surface area contributed by atoms with Crippen molar-refractivity contribution in [3.8, 4) is 0 Å². The van der Waals surface area contributed by atoms with Crippen LogP contribution >= 0.6 is 0 Å². The maximum Gasteiger partial charge on any atom is 0.286 e. The van der Waals surface area contributed by atoms with E-state index in [2.05, 4.69) is 33.4 Å². The standard InChI is InChI=1S/C18H17N5O2/c1-4-13-6-12(8-19-14(13)5-2)9-20-15-7-16(24)23(25)18-17(15)11(3)21-10-22-18/h4-8,10,20,25H,1-2,9H2,3H3. The van der Waals surface area contributed by atoms with E-state index in [1.807, 2.05) is 6.07 Å². The van der Waals surface area contributed by atoms with Crippen molar-refractivity contribution < 1.29 is 5.21 Å². The van der Waals surface area contributed by atoms with Gasteiger partial charge >= 0.3 is 0 Å². The van der Waals surface area contributed by atoms with E-state index in [-0.39, 0.29) is 5.65 Å². The molecule has 7 nitrogen and oxygen atoms in total. The van der Waals surface area contributed by atoms with Gasteiger partial charge in [0, 0.05) is 18.8 Å². The molecule has 2 N–H and O–H groups in total. The quantitative estimate of drug-likeness (QED) is 0.696. The summed E-state index contributed by atoms with van der Waals surface area (Å²) in [4.78, 5) is 24.4. The number of hydrogen-bond donors (Lipinski definition) is 2. The molecule has 3 aromatic rings. The van der Waals surface area contributed by atoms with E-state index in [4.69, 9.17) is 0 Å². The second kappa shape index (κ2) is 6.56. The highest BCUT2D eigenvalue weighted by atomic mass is 16.5. The molecule has 0 amide bonds. The lowest BCUT2D eigenvalue weighted by Crippen LogP contribution is -2.20. The van der Waals surface area contributed by atoms with Crippen molar-refractivity contribution >= 4 is 28.9 Å². The number of aryl methyl sites for hydroxylation is 1. The summed E-state index contributed by atoms with van der Waals surface area (Å²) in [5, 5.41) is 13.7. The summed E-state index contributed by atoms with van der Waals surface area (Å²) in [6, 6.07) is 3.27. The van der Waals surface area contributed by atoms with Crippen molar-refractivity contribution in [3.05, 3.63) is 70.7 Å². The van der Waals surface area contributed by atoms with Crippen LogP contribution in [0.15, 0.2) is 42.6 Å². The zero-order valence-electron chi connectivity index (χ0n) is 13.7. The van der Waals surface area contributed by atoms with Gasteiger partial charge in [-0.15, -0.1) is 4.73 Å². The fourth-order valence-electron chi connectivity index (χ4n) is 2.60. The Bertz CT molecular complexity index is 1040. The number of fused-ring (bicyclic) bond motifs is 1. The average molecular weight is 335 g/mol.